The maximum Gasteiger partial charge on any atom is 0.124 e. The fraction of sp³-hybridized carbons (Fsp3) is 0.571. The third kappa shape index (κ3) is 2.79. The molecule has 3 nitrogen and oxygen atoms in total. The molecule has 3 heteroatoms. The summed E-state index contributed by atoms with van der Waals surface area (Å²) in [4.78, 5) is 0. The molecule has 1 aliphatic rings. The zero-order valence-electron chi connectivity index (χ0n) is 10.5. The number of benzene rings is 1. The number of aryl methyl sites for hydroxylation is 1. The molecule has 94 valence electrons. The molecule has 2 rings (SSSR count). The molecular weight excluding hydrogens is 216 g/mol. The van der Waals surface area contributed by atoms with Gasteiger partial charge in [-0.2, -0.15) is 0 Å². The fourth-order valence-corrected chi connectivity index (χ4v) is 2.37. The van der Waals surface area contributed by atoms with Crippen LogP contribution < -0.4 is 4.74 Å². The highest BCUT2D eigenvalue weighted by Gasteiger charge is 2.25. The maximum absolute atomic E-state index is 10.4. The van der Waals surface area contributed by atoms with Gasteiger partial charge in [0.25, 0.3) is 0 Å². The SMILES string of the molecule is COc1ccc(C)cc1C(O)C1CCOCC1. The quantitative estimate of drug-likeness (QED) is 0.876. The van der Waals surface area contributed by atoms with Gasteiger partial charge >= 0.3 is 0 Å². The topological polar surface area (TPSA) is 38.7 Å². The van der Waals surface area contributed by atoms with Gasteiger partial charge in [-0.25, -0.2) is 0 Å². The minimum Gasteiger partial charge on any atom is -0.496 e. The molecular formula is C14H20O3. The Morgan fingerprint density at radius 2 is 2.06 bits per heavy atom. The molecule has 0 radical (unpaired) electrons. The second-order valence-electron chi connectivity index (χ2n) is 4.64. The summed E-state index contributed by atoms with van der Waals surface area (Å²) in [5.41, 5.74) is 2.05. The first-order chi connectivity index (χ1) is 8.22. The molecule has 1 atom stereocenters. The van der Waals surface area contributed by atoms with Crippen LogP contribution in [0.4, 0.5) is 0 Å². The molecule has 0 bridgehead atoms. The van der Waals surface area contributed by atoms with Gasteiger partial charge < -0.3 is 14.6 Å². The fourth-order valence-electron chi connectivity index (χ4n) is 2.37. The van der Waals surface area contributed by atoms with Gasteiger partial charge in [0.1, 0.15) is 5.75 Å². The van der Waals surface area contributed by atoms with E-state index in [0.29, 0.717) is 0 Å². The van der Waals surface area contributed by atoms with E-state index >= 15 is 0 Å². The third-order valence-electron chi connectivity index (χ3n) is 3.42. The first-order valence-corrected chi connectivity index (χ1v) is 6.12. The molecule has 1 aromatic carbocycles. The standard InChI is InChI=1S/C14H20O3/c1-10-3-4-13(16-2)12(9-10)14(15)11-5-7-17-8-6-11/h3-4,9,11,14-15H,5-8H2,1-2H3. The Morgan fingerprint density at radius 3 is 2.71 bits per heavy atom. The third-order valence-corrected chi connectivity index (χ3v) is 3.42. The van der Waals surface area contributed by atoms with Crippen LogP contribution in [0.3, 0.4) is 0 Å². The number of aliphatic hydroxyl groups is 1. The van der Waals surface area contributed by atoms with Crippen LogP contribution in [0.5, 0.6) is 5.75 Å². The molecule has 1 aromatic rings. The second-order valence-corrected chi connectivity index (χ2v) is 4.64. The highest BCUT2D eigenvalue weighted by molar-refractivity contribution is 5.38. The molecule has 1 fully saturated rings. The molecule has 1 unspecified atom stereocenters. The lowest BCUT2D eigenvalue weighted by molar-refractivity contribution is 0.00635. The number of aliphatic hydroxyl groups excluding tert-OH is 1. The Morgan fingerprint density at radius 1 is 1.35 bits per heavy atom. The van der Waals surface area contributed by atoms with Gasteiger partial charge in [0.2, 0.25) is 0 Å². The summed E-state index contributed by atoms with van der Waals surface area (Å²) in [5.74, 6) is 1.05. The average Bonchev–Trinajstić information content (AvgIpc) is 2.39. The highest BCUT2D eigenvalue weighted by Crippen LogP contribution is 2.35. The largest absolute Gasteiger partial charge is 0.496 e. The van der Waals surface area contributed by atoms with Crippen LogP contribution in [0, 0.1) is 12.8 Å². The van der Waals surface area contributed by atoms with E-state index < -0.39 is 6.10 Å². The predicted octanol–water partition coefficient (Wildman–Crippen LogP) is 2.46. The lowest BCUT2D eigenvalue weighted by Gasteiger charge is -2.28. The normalized spacial score (nSPS) is 19.0. The predicted molar refractivity (Wildman–Crippen MR) is 66.2 cm³/mol. The van der Waals surface area contributed by atoms with Crippen LogP contribution in [-0.2, 0) is 4.74 Å². The summed E-state index contributed by atoms with van der Waals surface area (Å²) in [7, 11) is 1.64. The van der Waals surface area contributed by atoms with Gasteiger partial charge in [0.05, 0.1) is 13.2 Å². The molecule has 0 aliphatic carbocycles. The molecule has 17 heavy (non-hydrogen) atoms. The van der Waals surface area contributed by atoms with Crippen molar-refractivity contribution >= 4 is 0 Å². The number of hydrogen-bond donors (Lipinski definition) is 1. The Bertz CT molecular complexity index is 370. The van der Waals surface area contributed by atoms with E-state index in [1.807, 2.05) is 25.1 Å². The first-order valence-electron chi connectivity index (χ1n) is 6.12. The van der Waals surface area contributed by atoms with Crippen molar-refractivity contribution in [3.63, 3.8) is 0 Å². The van der Waals surface area contributed by atoms with Crippen molar-refractivity contribution in [2.24, 2.45) is 5.92 Å². The van der Waals surface area contributed by atoms with Crippen molar-refractivity contribution < 1.29 is 14.6 Å². The van der Waals surface area contributed by atoms with Crippen molar-refractivity contribution in [3.05, 3.63) is 29.3 Å². The summed E-state index contributed by atoms with van der Waals surface area (Å²) in [6.07, 6.45) is 1.38. The Labute approximate surface area is 102 Å². The van der Waals surface area contributed by atoms with Crippen molar-refractivity contribution in [2.45, 2.75) is 25.9 Å². The highest BCUT2D eigenvalue weighted by atomic mass is 16.5. The van der Waals surface area contributed by atoms with Crippen molar-refractivity contribution in [2.75, 3.05) is 20.3 Å². The zero-order valence-corrected chi connectivity index (χ0v) is 10.5. The Hall–Kier alpha value is -1.06. The van der Waals surface area contributed by atoms with Crippen LogP contribution in [0.2, 0.25) is 0 Å². The molecule has 1 N–H and O–H groups in total. The van der Waals surface area contributed by atoms with Gasteiger partial charge in [-0.1, -0.05) is 11.6 Å². The molecule has 1 heterocycles. The first kappa shape index (κ1) is 12.4. The van der Waals surface area contributed by atoms with Crippen molar-refractivity contribution in [1.29, 1.82) is 0 Å². The van der Waals surface area contributed by atoms with Gasteiger partial charge in [0.15, 0.2) is 0 Å². The van der Waals surface area contributed by atoms with Gasteiger partial charge in [-0.15, -0.1) is 0 Å². The van der Waals surface area contributed by atoms with Crippen molar-refractivity contribution in [3.8, 4) is 5.75 Å². The Balaban J connectivity index is 2.21. The van der Waals surface area contributed by atoms with Crippen molar-refractivity contribution in [1.82, 2.24) is 0 Å². The summed E-state index contributed by atoms with van der Waals surface area (Å²) in [5, 5.41) is 10.4. The van der Waals surface area contributed by atoms with E-state index in [4.69, 9.17) is 9.47 Å². The van der Waals surface area contributed by atoms with Gasteiger partial charge in [0, 0.05) is 18.8 Å². The van der Waals surface area contributed by atoms with Crippen LogP contribution >= 0.6 is 0 Å². The van der Waals surface area contributed by atoms with Gasteiger partial charge in [-0.3, -0.25) is 0 Å². The number of rotatable bonds is 3. The molecule has 0 saturated carbocycles. The minimum absolute atomic E-state index is 0.277. The maximum atomic E-state index is 10.4. The second kappa shape index (κ2) is 5.52. The lowest BCUT2D eigenvalue weighted by atomic mass is 9.88. The monoisotopic (exact) mass is 236 g/mol. The zero-order chi connectivity index (χ0) is 12.3. The summed E-state index contributed by atoms with van der Waals surface area (Å²) < 4.78 is 10.6. The summed E-state index contributed by atoms with van der Waals surface area (Å²) >= 11 is 0. The summed E-state index contributed by atoms with van der Waals surface area (Å²) in [6.45, 7) is 3.52. The minimum atomic E-state index is -0.450. The molecule has 1 aliphatic heterocycles. The molecule has 0 amide bonds. The van der Waals surface area contributed by atoms with Gasteiger partial charge in [-0.05, 0) is 37.8 Å². The Kier molecular flexibility index (Phi) is 4.02. The van der Waals surface area contributed by atoms with E-state index in [1.165, 1.54) is 0 Å². The van der Waals surface area contributed by atoms with E-state index in [1.54, 1.807) is 7.11 Å². The molecule has 0 aromatic heterocycles. The molecule has 1 saturated heterocycles. The van der Waals surface area contributed by atoms with E-state index in [2.05, 4.69) is 0 Å². The molecule has 0 spiro atoms. The summed E-state index contributed by atoms with van der Waals surface area (Å²) in [6, 6.07) is 5.94. The van der Waals surface area contributed by atoms with Crippen LogP contribution in [0.15, 0.2) is 18.2 Å². The van der Waals surface area contributed by atoms with E-state index in [-0.39, 0.29) is 5.92 Å². The van der Waals surface area contributed by atoms with E-state index in [0.717, 1.165) is 42.9 Å². The number of hydrogen-bond acceptors (Lipinski definition) is 3. The average molecular weight is 236 g/mol. The smallest absolute Gasteiger partial charge is 0.124 e. The number of ether oxygens (including phenoxy) is 2. The van der Waals surface area contributed by atoms with Crippen LogP contribution in [0.1, 0.15) is 30.1 Å². The van der Waals surface area contributed by atoms with Crippen LogP contribution in [-0.4, -0.2) is 25.4 Å². The lowest BCUT2D eigenvalue weighted by Crippen LogP contribution is -2.22. The van der Waals surface area contributed by atoms with E-state index in [9.17, 15) is 5.11 Å². The van der Waals surface area contributed by atoms with Crippen LogP contribution in [0.25, 0.3) is 0 Å². The number of methoxy groups -OCH3 is 1.